The number of unbranched alkanes of at least 4 members (excludes halogenated alkanes) is 1. The van der Waals surface area contributed by atoms with Crippen LogP contribution in [0.4, 0.5) is 0 Å². The first-order chi connectivity index (χ1) is 5.77. The average molecular weight is 172 g/mol. The summed E-state index contributed by atoms with van der Waals surface area (Å²) in [5, 5.41) is 3.38. The van der Waals surface area contributed by atoms with E-state index in [2.05, 4.69) is 19.2 Å². The van der Waals surface area contributed by atoms with E-state index in [0.29, 0.717) is 0 Å². The minimum Gasteiger partial charge on any atom is -0.330 e. The van der Waals surface area contributed by atoms with Crippen molar-refractivity contribution < 1.29 is 0 Å². The highest BCUT2D eigenvalue weighted by atomic mass is 14.8. The number of rotatable bonds is 8. The Kier molecular flexibility index (Phi) is 8.95. The zero-order chi connectivity index (χ0) is 9.23. The molecule has 0 rings (SSSR count). The van der Waals surface area contributed by atoms with E-state index in [4.69, 9.17) is 5.73 Å². The van der Waals surface area contributed by atoms with Crippen molar-refractivity contribution in [3.8, 4) is 0 Å². The van der Waals surface area contributed by atoms with Gasteiger partial charge in [0.2, 0.25) is 0 Å². The van der Waals surface area contributed by atoms with Gasteiger partial charge in [-0.25, -0.2) is 0 Å². The third-order valence-corrected chi connectivity index (χ3v) is 1.94. The number of nitrogens with one attached hydrogen (secondary N) is 1. The first-order valence-corrected chi connectivity index (χ1v) is 5.18. The van der Waals surface area contributed by atoms with Crippen LogP contribution in [-0.2, 0) is 0 Å². The third-order valence-electron chi connectivity index (χ3n) is 1.94. The van der Waals surface area contributed by atoms with Gasteiger partial charge < -0.3 is 11.1 Å². The molecule has 0 fully saturated rings. The van der Waals surface area contributed by atoms with Gasteiger partial charge in [-0.1, -0.05) is 26.7 Å². The predicted molar refractivity (Wildman–Crippen MR) is 55.2 cm³/mol. The molecule has 3 N–H and O–H groups in total. The van der Waals surface area contributed by atoms with Gasteiger partial charge in [-0.2, -0.15) is 0 Å². The van der Waals surface area contributed by atoms with E-state index >= 15 is 0 Å². The molecule has 0 aliphatic rings. The molecule has 0 aromatic rings. The van der Waals surface area contributed by atoms with Crippen LogP contribution < -0.4 is 11.1 Å². The summed E-state index contributed by atoms with van der Waals surface area (Å²) in [4.78, 5) is 0. The molecule has 0 radical (unpaired) electrons. The van der Waals surface area contributed by atoms with Gasteiger partial charge in [0.1, 0.15) is 0 Å². The van der Waals surface area contributed by atoms with E-state index in [1.165, 1.54) is 19.3 Å². The minimum atomic E-state index is 0.805. The molecule has 0 aliphatic heterocycles. The zero-order valence-electron chi connectivity index (χ0n) is 8.60. The molecule has 0 aliphatic carbocycles. The van der Waals surface area contributed by atoms with Crippen molar-refractivity contribution >= 4 is 0 Å². The first kappa shape index (κ1) is 11.9. The smallest absolute Gasteiger partial charge is 0.00369 e. The van der Waals surface area contributed by atoms with E-state index < -0.39 is 0 Å². The Labute approximate surface area is 76.9 Å². The molecule has 0 aromatic heterocycles. The number of hydrogen-bond donors (Lipinski definition) is 2. The summed E-state index contributed by atoms with van der Waals surface area (Å²) in [6, 6.07) is 0. The summed E-state index contributed by atoms with van der Waals surface area (Å²) < 4.78 is 0. The highest BCUT2D eigenvalue weighted by Gasteiger charge is 1.93. The fourth-order valence-electron chi connectivity index (χ4n) is 1.15. The molecule has 0 saturated carbocycles. The van der Waals surface area contributed by atoms with E-state index in [1.807, 2.05) is 0 Å². The molecule has 0 spiro atoms. The molecule has 0 saturated heterocycles. The largest absolute Gasteiger partial charge is 0.330 e. The van der Waals surface area contributed by atoms with Gasteiger partial charge in [-0.3, -0.25) is 0 Å². The molecular weight excluding hydrogens is 148 g/mol. The van der Waals surface area contributed by atoms with Crippen LogP contribution in [0.5, 0.6) is 0 Å². The van der Waals surface area contributed by atoms with Crippen LogP contribution >= 0.6 is 0 Å². The van der Waals surface area contributed by atoms with Crippen molar-refractivity contribution in [3.63, 3.8) is 0 Å². The van der Waals surface area contributed by atoms with Crippen molar-refractivity contribution in [2.45, 2.75) is 39.5 Å². The van der Waals surface area contributed by atoms with Crippen LogP contribution in [-0.4, -0.2) is 19.6 Å². The quantitative estimate of drug-likeness (QED) is 0.547. The lowest BCUT2D eigenvalue weighted by Gasteiger charge is -2.05. The summed E-state index contributed by atoms with van der Waals surface area (Å²) >= 11 is 0. The fourth-order valence-corrected chi connectivity index (χ4v) is 1.15. The van der Waals surface area contributed by atoms with E-state index in [-0.39, 0.29) is 0 Å². The van der Waals surface area contributed by atoms with E-state index in [1.54, 1.807) is 0 Å². The molecule has 2 heteroatoms. The lowest BCUT2D eigenvalue weighted by Crippen LogP contribution is -2.19. The van der Waals surface area contributed by atoms with Crippen LogP contribution in [0, 0.1) is 5.92 Å². The monoisotopic (exact) mass is 172 g/mol. The Morgan fingerprint density at radius 3 is 2.33 bits per heavy atom. The van der Waals surface area contributed by atoms with Crippen LogP contribution in [0.2, 0.25) is 0 Å². The Balaban J connectivity index is 2.82. The number of hydrogen-bond acceptors (Lipinski definition) is 2. The van der Waals surface area contributed by atoms with Crippen molar-refractivity contribution in [1.29, 1.82) is 0 Å². The SMILES string of the molecule is CC(C)CCCCNCCCN. The second-order valence-corrected chi connectivity index (χ2v) is 3.78. The van der Waals surface area contributed by atoms with Crippen LogP contribution in [0.3, 0.4) is 0 Å². The average Bonchev–Trinajstić information content (AvgIpc) is 2.02. The minimum absolute atomic E-state index is 0.805. The van der Waals surface area contributed by atoms with E-state index in [0.717, 1.165) is 32.0 Å². The second-order valence-electron chi connectivity index (χ2n) is 3.78. The Morgan fingerprint density at radius 1 is 1.08 bits per heavy atom. The predicted octanol–water partition coefficient (Wildman–Crippen LogP) is 1.75. The van der Waals surface area contributed by atoms with Gasteiger partial charge in [-0.05, 0) is 38.4 Å². The Bertz CT molecular complexity index is 81.9. The van der Waals surface area contributed by atoms with Gasteiger partial charge in [0.25, 0.3) is 0 Å². The molecular formula is C10H24N2. The summed E-state index contributed by atoms with van der Waals surface area (Å²) in [5.74, 6) is 0.856. The topological polar surface area (TPSA) is 38.0 Å². The van der Waals surface area contributed by atoms with Gasteiger partial charge in [0.05, 0.1) is 0 Å². The highest BCUT2D eigenvalue weighted by molar-refractivity contribution is 4.51. The molecule has 12 heavy (non-hydrogen) atoms. The standard InChI is InChI=1S/C10H24N2/c1-10(2)6-3-4-8-12-9-5-7-11/h10,12H,3-9,11H2,1-2H3. The fraction of sp³-hybridized carbons (Fsp3) is 1.00. The second kappa shape index (κ2) is 9.01. The van der Waals surface area contributed by atoms with Gasteiger partial charge in [0, 0.05) is 0 Å². The molecule has 2 nitrogen and oxygen atoms in total. The summed E-state index contributed by atoms with van der Waals surface area (Å²) in [6.07, 6.45) is 5.12. The summed E-state index contributed by atoms with van der Waals surface area (Å²) in [5.41, 5.74) is 5.37. The van der Waals surface area contributed by atoms with Crippen LogP contribution in [0.25, 0.3) is 0 Å². The Morgan fingerprint density at radius 2 is 1.75 bits per heavy atom. The normalized spacial score (nSPS) is 11.0. The maximum atomic E-state index is 5.37. The van der Waals surface area contributed by atoms with Crippen LogP contribution in [0.15, 0.2) is 0 Å². The van der Waals surface area contributed by atoms with Crippen molar-refractivity contribution in [2.24, 2.45) is 11.7 Å². The van der Waals surface area contributed by atoms with Crippen molar-refractivity contribution in [2.75, 3.05) is 19.6 Å². The van der Waals surface area contributed by atoms with Crippen molar-refractivity contribution in [1.82, 2.24) is 5.32 Å². The maximum absolute atomic E-state index is 5.37. The molecule has 0 heterocycles. The number of nitrogens with two attached hydrogens (primary N) is 1. The van der Waals surface area contributed by atoms with Gasteiger partial charge in [0.15, 0.2) is 0 Å². The summed E-state index contributed by atoms with van der Waals surface area (Å²) in [7, 11) is 0. The van der Waals surface area contributed by atoms with Gasteiger partial charge in [-0.15, -0.1) is 0 Å². The molecule has 0 atom stereocenters. The maximum Gasteiger partial charge on any atom is -0.00369 e. The molecule has 0 amide bonds. The zero-order valence-corrected chi connectivity index (χ0v) is 8.60. The van der Waals surface area contributed by atoms with Crippen LogP contribution in [0.1, 0.15) is 39.5 Å². The molecule has 74 valence electrons. The lowest BCUT2D eigenvalue weighted by atomic mass is 10.1. The Hall–Kier alpha value is -0.0800. The van der Waals surface area contributed by atoms with Gasteiger partial charge >= 0.3 is 0 Å². The molecule has 0 unspecified atom stereocenters. The van der Waals surface area contributed by atoms with E-state index in [9.17, 15) is 0 Å². The third kappa shape index (κ3) is 9.92. The first-order valence-electron chi connectivity index (χ1n) is 5.18. The summed E-state index contributed by atoms with van der Waals surface area (Å²) in [6.45, 7) is 7.60. The molecule has 0 aromatic carbocycles. The van der Waals surface area contributed by atoms with Crippen molar-refractivity contribution in [3.05, 3.63) is 0 Å². The molecule has 0 bridgehead atoms. The highest BCUT2D eigenvalue weighted by Crippen LogP contribution is 2.04. The lowest BCUT2D eigenvalue weighted by molar-refractivity contribution is 0.519.